The third-order valence-corrected chi connectivity index (χ3v) is 2.58. The Morgan fingerprint density at radius 1 is 1.15 bits per heavy atom. The van der Waals surface area contributed by atoms with Gasteiger partial charge in [0.2, 0.25) is 0 Å². The molecule has 0 spiro atoms. The Bertz CT molecular complexity index is 487. The minimum absolute atomic E-state index is 1.06. The van der Waals surface area contributed by atoms with E-state index in [-0.39, 0.29) is 0 Å². The predicted molar refractivity (Wildman–Crippen MR) is 55.5 cm³/mol. The van der Waals surface area contributed by atoms with E-state index in [1.54, 1.807) is 0 Å². The van der Waals surface area contributed by atoms with E-state index in [1.807, 2.05) is 0 Å². The Morgan fingerprint density at radius 2 is 2.15 bits per heavy atom. The molecule has 0 amide bonds. The molecule has 1 aliphatic carbocycles. The summed E-state index contributed by atoms with van der Waals surface area (Å²) >= 11 is 0. The minimum atomic E-state index is 1.06. The highest BCUT2D eigenvalue weighted by molar-refractivity contribution is 5.94. The van der Waals surface area contributed by atoms with E-state index in [9.17, 15) is 0 Å². The molecular formula is C13H9. The molecule has 0 heteroatoms. The van der Waals surface area contributed by atoms with Gasteiger partial charge in [-0.15, -0.1) is 0 Å². The quantitative estimate of drug-likeness (QED) is 0.562. The monoisotopic (exact) mass is 165 g/mol. The molecule has 0 saturated heterocycles. The molecule has 0 N–H and O–H groups in total. The molecule has 0 fully saturated rings. The molecule has 3 rings (SSSR count). The minimum Gasteiger partial charge on any atom is -0.0795 e. The van der Waals surface area contributed by atoms with Crippen molar-refractivity contribution >= 4 is 16.8 Å². The van der Waals surface area contributed by atoms with Crippen LogP contribution in [0.4, 0.5) is 0 Å². The summed E-state index contributed by atoms with van der Waals surface area (Å²) in [4.78, 5) is 0. The zero-order valence-electron chi connectivity index (χ0n) is 7.25. The Balaban J connectivity index is 2.56. The van der Waals surface area contributed by atoms with Gasteiger partial charge >= 0.3 is 0 Å². The van der Waals surface area contributed by atoms with Crippen molar-refractivity contribution in [2.75, 3.05) is 0 Å². The molecule has 1 radical (unpaired) electrons. The molecule has 0 heterocycles. The number of rotatable bonds is 0. The van der Waals surface area contributed by atoms with Crippen LogP contribution < -0.4 is 0 Å². The number of benzene rings is 2. The van der Waals surface area contributed by atoms with Crippen molar-refractivity contribution in [3.8, 4) is 0 Å². The highest BCUT2D eigenvalue weighted by Crippen LogP contribution is 2.27. The van der Waals surface area contributed by atoms with Gasteiger partial charge in [0.25, 0.3) is 0 Å². The number of allylic oxidation sites excluding steroid dienone is 1. The maximum absolute atomic E-state index is 3.16. The number of hydrogen-bond acceptors (Lipinski definition) is 0. The van der Waals surface area contributed by atoms with Crippen molar-refractivity contribution in [2.45, 2.75) is 6.42 Å². The van der Waals surface area contributed by atoms with Crippen LogP contribution in [0.5, 0.6) is 0 Å². The van der Waals surface area contributed by atoms with Crippen LogP contribution in [-0.2, 0) is 6.42 Å². The largest absolute Gasteiger partial charge is 0.0795 e. The second-order valence-electron chi connectivity index (χ2n) is 3.40. The Kier molecular flexibility index (Phi) is 1.31. The van der Waals surface area contributed by atoms with Gasteiger partial charge in [-0.1, -0.05) is 30.4 Å². The second-order valence-corrected chi connectivity index (χ2v) is 3.40. The Hall–Kier alpha value is -1.56. The van der Waals surface area contributed by atoms with Crippen molar-refractivity contribution in [3.63, 3.8) is 0 Å². The average Bonchev–Trinajstić information content (AvgIpc) is 2.19. The smallest absolute Gasteiger partial charge is 0.00759 e. The molecule has 13 heavy (non-hydrogen) atoms. The molecular weight excluding hydrogens is 156 g/mol. The van der Waals surface area contributed by atoms with E-state index in [1.165, 1.54) is 21.9 Å². The molecule has 0 aliphatic heterocycles. The summed E-state index contributed by atoms with van der Waals surface area (Å²) < 4.78 is 0. The summed E-state index contributed by atoms with van der Waals surface area (Å²) in [5.41, 5.74) is 2.74. The highest BCUT2D eigenvalue weighted by Gasteiger charge is 2.06. The predicted octanol–water partition coefficient (Wildman–Crippen LogP) is 3.21. The van der Waals surface area contributed by atoms with Crippen LogP contribution >= 0.6 is 0 Å². The zero-order valence-corrected chi connectivity index (χ0v) is 7.25. The van der Waals surface area contributed by atoms with Crippen LogP contribution in [0.2, 0.25) is 0 Å². The lowest BCUT2D eigenvalue weighted by Crippen LogP contribution is -1.91. The summed E-state index contributed by atoms with van der Waals surface area (Å²) in [7, 11) is 0. The van der Waals surface area contributed by atoms with Gasteiger partial charge in [-0.25, -0.2) is 0 Å². The first-order valence-electron chi connectivity index (χ1n) is 4.53. The van der Waals surface area contributed by atoms with E-state index in [0.717, 1.165) is 6.42 Å². The SMILES string of the molecule is [c]1cc2c3c(cccc3c1)CC=C2. The lowest BCUT2D eigenvalue weighted by Gasteiger charge is -2.11. The van der Waals surface area contributed by atoms with Crippen LogP contribution in [0, 0.1) is 6.07 Å². The van der Waals surface area contributed by atoms with Crippen molar-refractivity contribution in [2.24, 2.45) is 0 Å². The van der Waals surface area contributed by atoms with E-state index in [0.29, 0.717) is 0 Å². The van der Waals surface area contributed by atoms with Crippen molar-refractivity contribution in [3.05, 3.63) is 53.6 Å². The lowest BCUT2D eigenvalue weighted by atomic mass is 9.93. The van der Waals surface area contributed by atoms with E-state index in [2.05, 4.69) is 48.6 Å². The summed E-state index contributed by atoms with van der Waals surface area (Å²) in [5.74, 6) is 0. The fourth-order valence-electron chi connectivity index (χ4n) is 2.00. The maximum Gasteiger partial charge on any atom is -0.00759 e. The van der Waals surface area contributed by atoms with Crippen LogP contribution in [0.15, 0.2) is 36.4 Å². The van der Waals surface area contributed by atoms with E-state index >= 15 is 0 Å². The highest BCUT2D eigenvalue weighted by atomic mass is 14.1. The molecule has 2 aromatic rings. The van der Waals surface area contributed by atoms with Gasteiger partial charge in [0, 0.05) is 0 Å². The first-order valence-corrected chi connectivity index (χ1v) is 4.53. The molecule has 61 valence electrons. The van der Waals surface area contributed by atoms with Crippen LogP contribution in [0.1, 0.15) is 11.1 Å². The first kappa shape index (κ1) is 6.90. The van der Waals surface area contributed by atoms with Gasteiger partial charge in [-0.3, -0.25) is 0 Å². The van der Waals surface area contributed by atoms with Crippen molar-refractivity contribution in [1.82, 2.24) is 0 Å². The van der Waals surface area contributed by atoms with Gasteiger partial charge in [0.1, 0.15) is 0 Å². The van der Waals surface area contributed by atoms with Gasteiger partial charge in [-0.05, 0) is 46.5 Å². The molecule has 1 aliphatic rings. The van der Waals surface area contributed by atoms with Crippen molar-refractivity contribution in [1.29, 1.82) is 0 Å². The van der Waals surface area contributed by atoms with E-state index < -0.39 is 0 Å². The van der Waals surface area contributed by atoms with Gasteiger partial charge in [0.15, 0.2) is 0 Å². The molecule has 0 nitrogen and oxygen atoms in total. The normalized spacial score (nSPS) is 13.5. The topological polar surface area (TPSA) is 0 Å². The third kappa shape index (κ3) is 0.919. The maximum atomic E-state index is 3.16. The molecule has 0 unspecified atom stereocenters. The molecule has 0 aromatic heterocycles. The third-order valence-electron chi connectivity index (χ3n) is 2.58. The summed E-state index contributed by atoms with van der Waals surface area (Å²) in [6.07, 6.45) is 5.46. The molecule has 2 aromatic carbocycles. The Labute approximate surface area is 77.5 Å². The first-order chi connectivity index (χ1) is 6.45. The zero-order chi connectivity index (χ0) is 8.67. The average molecular weight is 165 g/mol. The lowest BCUT2D eigenvalue weighted by molar-refractivity contribution is 1.29. The van der Waals surface area contributed by atoms with Gasteiger partial charge in [-0.2, -0.15) is 0 Å². The van der Waals surface area contributed by atoms with Crippen LogP contribution in [0.3, 0.4) is 0 Å². The van der Waals surface area contributed by atoms with Gasteiger partial charge in [0.05, 0.1) is 0 Å². The van der Waals surface area contributed by atoms with Crippen LogP contribution in [0.25, 0.3) is 16.8 Å². The fraction of sp³-hybridized carbons (Fsp3) is 0.0769. The summed E-state index contributed by atoms with van der Waals surface area (Å²) in [6.45, 7) is 0. The van der Waals surface area contributed by atoms with Gasteiger partial charge < -0.3 is 0 Å². The van der Waals surface area contributed by atoms with E-state index in [4.69, 9.17) is 0 Å². The molecule has 0 bridgehead atoms. The van der Waals surface area contributed by atoms with Crippen molar-refractivity contribution < 1.29 is 0 Å². The van der Waals surface area contributed by atoms with Crippen LogP contribution in [-0.4, -0.2) is 0 Å². The summed E-state index contributed by atoms with van der Waals surface area (Å²) in [6, 6.07) is 13.8. The molecule has 0 atom stereocenters. The fourth-order valence-corrected chi connectivity index (χ4v) is 2.00. The number of hydrogen-bond donors (Lipinski definition) is 0. The standard InChI is InChI=1S/C13H9/c1-4-10-6-2-8-12-9-3-7-11(5-1)13(10)12/h1-2,4-5,7-9H,6H2. The Morgan fingerprint density at radius 3 is 3.15 bits per heavy atom. The second kappa shape index (κ2) is 2.46. The summed E-state index contributed by atoms with van der Waals surface area (Å²) in [5, 5.41) is 2.71. The molecule has 0 saturated carbocycles.